The van der Waals surface area contributed by atoms with Gasteiger partial charge in [0.25, 0.3) is 5.56 Å². The van der Waals surface area contributed by atoms with Crippen molar-refractivity contribution in [3.63, 3.8) is 0 Å². The summed E-state index contributed by atoms with van der Waals surface area (Å²) in [6, 6.07) is 0.885. The normalized spacial score (nSPS) is 32.5. The molecule has 1 fully saturated rings. The number of halogens is 1. The first-order valence-corrected chi connectivity index (χ1v) is 8.16. The lowest BCUT2D eigenvalue weighted by atomic mass is 9.87. The second-order valence-corrected chi connectivity index (χ2v) is 6.56. The van der Waals surface area contributed by atoms with Gasteiger partial charge in [-0.15, -0.1) is 6.42 Å². The molecule has 0 amide bonds. The number of phosphoric ester groups is 1. The van der Waals surface area contributed by atoms with Crippen molar-refractivity contribution in [2.24, 2.45) is 0 Å². The van der Waals surface area contributed by atoms with Gasteiger partial charge in [-0.05, 0) is 0 Å². The van der Waals surface area contributed by atoms with E-state index in [0.717, 1.165) is 12.3 Å². The summed E-state index contributed by atoms with van der Waals surface area (Å²) in [6.07, 6.45) is 1.98. The van der Waals surface area contributed by atoms with Crippen molar-refractivity contribution in [3.8, 4) is 12.3 Å². The van der Waals surface area contributed by atoms with Crippen molar-refractivity contribution in [2.45, 2.75) is 23.5 Å². The third-order valence-corrected chi connectivity index (χ3v) is 4.14. The molecule has 1 aliphatic heterocycles. The monoisotopic (exact) mass is 380 g/mol. The number of H-pyrrole nitrogens is 1. The van der Waals surface area contributed by atoms with E-state index in [1.807, 2.05) is 4.98 Å². The van der Waals surface area contributed by atoms with Crippen LogP contribution in [0.5, 0.6) is 0 Å². The van der Waals surface area contributed by atoms with Gasteiger partial charge < -0.3 is 24.7 Å². The first kappa shape index (κ1) is 19.5. The maximum atomic E-state index is 13.6. The Morgan fingerprint density at radius 3 is 2.64 bits per heavy atom. The topological polar surface area (TPSA) is 171 Å². The molecule has 1 aromatic rings. The fraction of sp³-hybridized carbons (Fsp3) is 0.500. The van der Waals surface area contributed by atoms with E-state index in [1.165, 1.54) is 0 Å². The highest BCUT2D eigenvalue weighted by molar-refractivity contribution is 7.46. The highest BCUT2D eigenvalue weighted by Crippen LogP contribution is 2.46. The number of nitrogens with zero attached hydrogens (tertiary/aromatic N) is 1. The molecule has 0 unspecified atom stereocenters. The number of aromatic nitrogens is 2. The molecule has 1 aliphatic rings. The van der Waals surface area contributed by atoms with Crippen molar-refractivity contribution in [1.82, 2.24) is 9.55 Å². The molecule has 2 rings (SSSR count). The first-order valence-electron chi connectivity index (χ1n) is 6.62. The number of phosphoric acid groups is 1. The Labute approximate surface area is 138 Å². The van der Waals surface area contributed by atoms with Crippen LogP contribution in [0.3, 0.4) is 0 Å². The van der Waals surface area contributed by atoms with Crippen molar-refractivity contribution in [2.75, 3.05) is 13.3 Å². The van der Waals surface area contributed by atoms with E-state index in [1.54, 1.807) is 5.92 Å². The SMILES string of the molecule is C#C[C@@]1(O)[C@H](O)[C@@](CF)(COP(=O)(O)O)O[C@H]1n1ccc(=O)[nH]c1=O. The average Bonchev–Trinajstić information content (AvgIpc) is 2.75. The van der Waals surface area contributed by atoms with E-state index in [4.69, 9.17) is 20.9 Å². The fourth-order valence-corrected chi connectivity index (χ4v) is 2.78. The van der Waals surface area contributed by atoms with E-state index in [0.29, 0.717) is 4.57 Å². The number of aromatic amines is 1. The molecular weight excluding hydrogens is 366 g/mol. The zero-order valence-corrected chi connectivity index (χ0v) is 13.3. The fourth-order valence-electron chi connectivity index (χ4n) is 2.39. The smallest absolute Gasteiger partial charge is 0.386 e. The predicted octanol–water partition coefficient (Wildman–Crippen LogP) is -2.39. The summed E-state index contributed by atoms with van der Waals surface area (Å²) in [5, 5.41) is 20.7. The third-order valence-electron chi connectivity index (χ3n) is 3.68. The van der Waals surface area contributed by atoms with Gasteiger partial charge in [-0.2, -0.15) is 0 Å². The quantitative estimate of drug-likeness (QED) is 0.276. The Bertz CT molecular complexity index is 857. The summed E-state index contributed by atoms with van der Waals surface area (Å²) in [6.45, 7) is -2.74. The Kier molecular flexibility index (Phi) is 5.04. The van der Waals surface area contributed by atoms with Crippen LogP contribution in [-0.2, 0) is 13.8 Å². The minimum Gasteiger partial charge on any atom is -0.386 e. The van der Waals surface area contributed by atoms with Gasteiger partial charge in [-0.1, -0.05) is 5.92 Å². The number of rotatable bonds is 5. The molecule has 0 spiro atoms. The van der Waals surface area contributed by atoms with Gasteiger partial charge in [0.05, 0.1) is 6.61 Å². The number of hydrogen-bond acceptors (Lipinski definition) is 7. The van der Waals surface area contributed by atoms with Gasteiger partial charge in [-0.25, -0.2) is 13.8 Å². The lowest BCUT2D eigenvalue weighted by Crippen LogP contribution is -2.54. The van der Waals surface area contributed by atoms with Crippen molar-refractivity contribution in [1.29, 1.82) is 0 Å². The molecule has 5 N–H and O–H groups in total. The van der Waals surface area contributed by atoms with Crippen LogP contribution in [0, 0.1) is 12.3 Å². The summed E-state index contributed by atoms with van der Waals surface area (Å²) in [7, 11) is -5.07. The number of alkyl halides is 1. The van der Waals surface area contributed by atoms with Crippen LogP contribution in [0.25, 0.3) is 0 Å². The molecule has 0 aliphatic carbocycles. The van der Waals surface area contributed by atoms with Gasteiger partial charge >= 0.3 is 13.5 Å². The maximum Gasteiger partial charge on any atom is 0.469 e. The van der Waals surface area contributed by atoms with Crippen LogP contribution in [0.4, 0.5) is 4.39 Å². The molecule has 0 saturated carbocycles. The molecule has 4 atom stereocenters. The molecule has 0 aromatic carbocycles. The van der Waals surface area contributed by atoms with Crippen LogP contribution in [-0.4, -0.2) is 60.1 Å². The third kappa shape index (κ3) is 3.44. The molecular formula is C12H14FN2O9P. The second-order valence-electron chi connectivity index (χ2n) is 5.32. The molecule has 138 valence electrons. The number of hydrogen-bond donors (Lipinski definition) is 5. The number of ether oxygens (including phenoxy) is 1. The highest BCUT2D eigenvalue weighted by atomic mass is 31.2. The Morgan fingerprint density at radius 1 is 1.52 bits per heavy atom. The molecule has 0 bridgehead atoms. The van der Waals surface area contributed by atoms with E-state index < -0.39 is 55.9 Å². The molecule has 25 heavy (non-hydrogen) atoms. The number of aliphatic hydroxyl groups is 2. The number of aliphatic hydroxyl groups excluding tert-OH is 1. The van der Waals surface area contributed by atoms with Crippen LogP contribution in [0.1, 0.15) is 6.23 Å². The van der Waals surface area contributed by atoms with E-state index in [2.05, 4.69) is 4.52 Å². The van der Waals surface area contributed by atoms with Gasteiger partial charge in [0.15, 0.2) is 17.4 Å². The number of nitrogens with one attached hydrogen (secondary N) is 1. The van der Waals surface area contributed by atoms with Crippen molar-refractivity contribution < 1.29 is 38.2 Å². The molecule has 2 heterocycles. The molecule has 13 heteroatoms. The summed E-state index contributed by atoms with van der Waals surface area (Å²) in [4.78, 5) is 42.3. The minimum absolute atomic E-state index is 0.597. The summed E-state index contributed by atoms with van der Waals surface area (Å²) in [5.41, 5.74) is -6.98. The zero-order chi connectivity index (χ0) is 19.0. The summed E-state index contributed by atoms with van der Waals surface area (Å²) < 4.78 is 34.3. The average molecular weight is 380 g/mol. The summed E-state index contributed by atoms with van der Waals surface area (Å²) in [5.74, 6) is 1.78. The van der Waals surface area contributed by atoms with Crippen molar-refractivity contribution >= 4 is 7.82 Å². The Morgan fingerprint density at radius 2 is 2.16 bits per heavy atom. The molecule has 0 radical (unpaired) electrons. The van der Waals surface area contributed by atoms with Gasteiger partial charge in [0.2, 0.25) is 0 Å². The standard InChI is InChI=1S/C12H14FN2O9P/c1-2-12(19)8(17)11(5-13,6-23-25(20,21)22)24-9(12)15-4-3-7(16)14-10(15)18/h1,3-4,8-9,17,19H,5-6H2,(H,14,16,18)(H2,20,21,22)/t8-,9-,11-,12-/m1/s1. The minimum atomic E-state index is -5.07. The van der Waals surface area contributed by atoms with E-state index in [9.17, 15) is 28.8 Å². The van der Waals surface area contributed by atoms with Crippen LogP contribution < -0.4 is 11.2 Å². The Balaban J connectivity index is 2.52. The number of terminal acetylenes is 1. The predicted molar refractivity (Wildman–Crippen MR) is 77.9 cm³/mol. The largest absolute Gasteiger partial charge is 0.469 e. The van der Waals surface area contributed by atoms with Crippen LogP contribution in [0.15, 0.2) is 21.9 Å². The summed E-state index contributed by atoms with van der Waals surface area (Å²) >= 11 is 0. The van der Waals surface area contributed by atoms with E-state index in [-0.39, 0.29) is 0 Å². The van der Waals surface area contributed by atoms with Gasteiger partial charge in [0, 0.05) is 12.3 Å². The second kappa shape index (κ2) is 6.47. The lowest BCUT2D eigenvalue weighted by Gasteiger charge is -2.29. The molecule has 11 nitrogen and oxygen atoms in total. The van der Waals surface area contributed by atoms with Gasteiger partial charge in [0.1, 0.15) is 12.8 Å². The lowest BCUT2D eigenvalue weighted by molar-refractivity contribution is -0.137. The Hall–Kier alpha value is -1.84. The molecule has 1 aromatic heterocycles. The first-order chi connectivity index (χ1) is 11.5. The highest BCUT2D eigenvalue weighted by Gasteiger charge is 2.64. The maximum absolute atomic E-state index is 13.6. The van der Waals surface area contributed by atoms with Crippen molar-refractivity contribution in [3.05, 3.63) is 33.1 Å². The van der Waals surface area contributed by atoms with Gasteiger partial charge in [-0.3, -0.25) is 18.9 Å². The van der Waals surface area contributed by atoms with Crippen LogP contribution in [0.2, 0.25) is 0 Å². The zero-order valence-electron chi connectivity index (χ0n) is 12.4. The van der Waals surface area contributed by atoms with Crippen LogP contribution >= 0.6 is 7.82 Å². The molecule has 1 saturated heterocycles. The van der Waals surface area contributed by atoms with E-state index >= 15 is 0 Å².